The van der Waals surface area contributed by atoms with Gasteiger partial charge in [-0.3, -0.25) is 24.6 Å². The first-order valence-corrected chi connectivity index (χ1v) is 10.2. The number of hydrogen-bond donors (Lipinski definition) is 1. The van der Waals surface area contributed by atoms with Crippen LogP contribution in [0, 0.1) is 17.0 Å². The molecule has 0 bridgehead atoms. The number of rotatable bonds is 6. The summed E-state index contributed by atoms with van der Waals surface area (Å²) in [4.78, 5) is 38.4. The van der Waals surface area contributed by atoms with Crippen LogP contribution in [0.4, 0.5) is 11.4 Å². The molecule has 164 valence electrons. The van der Waals surface area contributed by atoms with E-state index in [-0.39, 0.29) is 11.3 Å². The molecule has 3 aromatic rings. The molecule has 7 nitrogen and oxygen atoms in total. The van der Waals surface area contributed by atoms with Gasteiger partial charge in [-0.25, -0.2) is 0 Å². The standard InChI is InChI=1S/C26H20N2O5/c1-17-10-13-20(14-11-17)27-24(19-8-5-9-21(16-19)28(32)33)23(25(30)26(27)31)22(29)15-12-18-6-3-2-4-7-18/h2-16,24,30H,1H3. The molecule has 1 heterocycles. The largest absolute Gasteiger partial charge is 0.503 e. The minimum Gasteiger partial charge on any atom is -0.503 e. The lowest BCUT2D eigenvalue weighted by molar-refractivity contribution is -0.384. The predicted octanol–water partition coefficient (Wildman–Crippen LogP) is 5.09. The number of nitro groups is 1. The summed E-state index contributed by atoms with van der Waals surface area (Å²) in [7, 11) is 0. The first-order chi connectivity index (χ1) is 15.9. The maximum Gasteiger partial charge on any atom is 0.294 e. The van der Waals surface area contributed by atoms with Gasteiger partial charge in [-0.2, -0.15) is 0 Å². The molecule has 1 atom stereocenters. The van der Waals surface area contributed by atoms with Crippen LogP contribution in [0.25, 0.3) is 6.08 Å². The average Bonchev–Trinajstić information content (AvgIpc) is 3.09. The first kappa shape index (κ1) is 21.7. The lowest BCUT2D eigenvalue weighted by atomic mass is 9.95. The second-order valence-corrected chi connectivity index (χ2v) is 7.64. The van der Waals surface area contributed by atoms with Crippen molar-refractivity contribution in [3.05, 3.63) is 123 Å². The summed E-state index contributed by atoms with van der Waals surface area (Å²) < 4.78 is 0. The van der Waals surface area contributed by atoms with Crippen molar-refractivity contribution in [3.8, 4) is 0 Å². The summed E-state index contributed by atoms with van der Waals surface area (Å²) in [5, 5.41) is 22.1. The van der Waals surface area contributed by atoms with E-state index in [0.717, 1.165) is 11.1 Å². The van der Waals surface area contributed by atoms with Gasteiger partial charge in [-0.05, 0) is 36.3 Å². The van der Waals surface area contributed by atoms with E-state index in [2.05, 4.69) is 0 Å². The number of hydrogen-bond acceptors (Lipinski definition) is 5. The highest BCUT2D eigenvalue weighted by Crippen LogP contribution is 2.41. The summed E-state index contributed by atoms with van der Waals surface area (Å²) in [5.74, 6) is -1.97. The van der Waals surface area contributed by atoms with Gasteiger partial charge in [0.25, 0.3) is 11.6 Å². The maximum atomic E-state index is 13.2. The van der Waals surface area contributed by atoms with Crippen LogP contribution in [0.5, 0.6) is 0 Å². The Hall–Kier alpha value is -4.52. The highest BCUT2D eigenvalue weighted by molar-refractivity contribution is 6.19. The van der Waals surface area contributed by atoms with Gasteiger partial charge in [-0.1, -0.05) is 66.2 Å². The van der Waals surface area contributed by atoms with Crippen molar-refractivity contribution in [1.29, 1.82) is 0 Å². The van der Waals surface area contributed by atoms with E-state index in [1.807, 2.05) is 37.3 Å². The molecule has 7 heteroatoms. The number of benzene rings is 3. The fourth-order valence-corrected chi connectivity index (χ4v) is 3.78. The van der Waals surface area contributed by atoms with Crippen LogP contribution in [0.2, 0.25) is 0 Å². The number of allylic oxidation sites excluding steroid dienone is 1. The number of carbonyl (C=O) groups is 2. The van der Waals surface area contributed by atoms with Crippen LogP contribution in [0.1, 0.15) is 22.7 Å². The molecule has 1 aliphatic heterocycles. The van der Waals surface area contributed by atoms with Crippen molar-refractivity contribution in [2.24, 2.45) is 0 Å². The minimum absolute atomic E-state index is 0.131. The molecule has 0 fully saturated rings. The van der Waals surface area contributed by atoms with Crippen molar-refractivity contribution in [2.75, 3.05) is 4.90 Å². The van der Waals surface area contributed by atoms with E-state index in [0.29, 0.717) is 11.3 Å². The zero-order chi connectivity index (χ0) is 23.5. The molecular formula is C26H20N2O5. The lowest BCUT2D eigenvalue weighted by Gasteiger charge is -2.26. The summed E-state index contributed by atoms with van der Waals surface area (Å²) in [6.45, 7) is 1.90. The molecule has 1 N–H and O–H groups in total. The zero-order valence-corrected chi connectivity index (χ0v) is 17.7. The fourth-order valence-electron chi connectivity index (χ4n) is 3.78. The predicted molar refractivity (Wildman–Crippen MR) is 125 cm³/mol. The zero-order valence-electron chi connectivity index (χ0n) is 17.7. The normalized spacial score (nSPS) is 16.0. The molecule has 1 amide bonds. The molecule has 0 aliphatic carbocycles. The number of aliphatic hydroxyl groups is 1. The Morgan fingerprint density at radius 3 is 2.39 bits per heavy atom. The SMILES string of the molecule is Cc1ccc(N2C(=O)C(O)=C(C(=O)C=Cc3ccccc3)C2c2cccc([N+](=O)[O-])c2)cc1. The molecule has 0 aromatic heterocycles. The monoisotopic (exact) mass is 440 g/mol. The molecule has 33 heavy (non-hydrogen) atoms. The van der Waals surface area contributed by atoms with Gasteiger partial charge < -0.3 is 5.11 Å². The van der Waals surface area contributed by atoms with Gasteiger partial charge in [0.2, 0.25) is 0 Å². The van der Waals surface area contributed by atoms with Crippen LogP contribution >= 0.6 is 0 Å². The van der Waals surface area contributed by atoms with Gasteiger partial charge in [0.05, 0.1) is 16.5 Å². The highest BCUT2D eigenvalue weighted by atomic mass is 16.6. The number of carbonyl (C=O) groups excluding carboxylic acids is 2. The van der Waals surface area contributed by atoms with Crippen molar-refractivity contribution >= 4 is 29.1 Å². The molecule has 0 saturated heterocycles. The second-order valence-electron chi connectivity index (χ2n) is 7.64. The first-order valence-electron chi connectivity index (χ1n) is 10.2. The molecular weight excluding hydrogens is 420 g/mol. The van der Waals surface area contributed by atoms with Crippen LogP contribution in [0.15, 0.2) is 96.3 Å². The summed E-state index contributed by atoms with van der Waals surface area (Å²) >= 11 is 0. The van der Waals surface area contributed by atoms with Crippen LogP contribution < -0.4 is 4.90 Å². The molecule has 1 aliphatic rings. The van der Waals surface area contributed by atoms with Crippen LogP contribution in [0.3, 0.4) is 0 Å². The van der Waals surface area contributed by atoms with E-state index in [9.17, 15) is 24.8 Å². The van der Waals surface area contributed by atoms with Crippen LogP contribution in [-0.2, 0) is 9.59 Å². The Kier molecular flexibility index (Phi) is 5.87. The lowest BCUT2D eigenvalue weighted by Crippen LogP contribution is -2.30. The van der Waals surface area contributed by atoms with E-state index in [1.54, 1.807) is 36.4 Å². The maximum absolute atomic E-state index is 13.2. The Balaban J connectivity index is 1.82. The smallest absolute Gasteiger partial charge is 0.294 e. The van der Waals surface area contributed by atoms with Gasteiger partial charge in [0.1, 0.15) is 0 Å². The number of ketones is 1. The molecule has 3 aromatic carbocycles. The second kappa shape index (κ2) is 8.92. The molecule has 0 radical (unpaired) electrons. The van der Waals surface area contributed by atoms with Gasteiger partial charge in [0, 0.05) is 17.8 Å². The summed E-state index contributed by atoms with van der Waals surface area (Å²) in [6.07, 6.45) is 2.88. The Morgan fingerprint density at radius 1 is 1.03 bits per heavy atom. The third-order valence-corrected chi connectivity index (χ3v) is 5.41. The third-order valence-electron chi connectivity index (χ3n) is 5.41. The minimum atomic E-state index is -1.02. The fraction of sp³-hybridized carbons (Fsp3) is 0.0769. The van der Waals surface area contributed by atoms with Crippen LogP contribution in [-0.4, -0.2) is 21.7 Å². The van der Waals surface area contributed by atoms with Crippen molar-refractivity contribution in [1.82, 2.24) is 0 Å². The Bertz CT molecular complexity index is 1290. The molecule has 1 unspecified atom stereocenters. The number of anilines is 1. The quantitative estimate of drug-likeness (QED) is 0.327. The van der Waals surface area contributed by atoms with Crippen molar-refractivity contribution in [2.45, 2.75) is 13.0 Å². The summed E-state index contributed by atoms with van der Waals surface area (Å²) in [6, 6.07) is 20.9. The third kappa shape index (κ3) is 4.29. The highest BCUT2D eigenvalue weighted by Gasteiger charge is 2.44. The van der Waals surface area contributed by atoms with E-state index in [4.69, 9.17) is 0 Å². The number of amides is 1. The number of non-ortho nitro benzene ring substituents is 1. The number of aryl methyl sites for hydroxylation is 1. The average molecular weight is 440 g/mol. The number of nitro benzene ring substituents is 1. The Labute approximate surface area is 190 Å². The van der Waals surface area contributed by atoms with Gasteiger partial charge in [-0.15, -0.1) is 0 Å². The van der Waals surface area contributed by atoms with Gasteiger partial charge >= 0.3 is 0 Å². The summed E-state index contributed by atoms with van der Waals surface area (Å²) in [5.41, 5.74) is 2.24. The van der Waals surface area contributed by atoms with Gasteiger partial charge in [0.15, 0.2) is 11.5 Å². The van der Waals surface area contributed by atoms with Crippen molar-refractivity contribution in [3.63, 3.8) is 0 Å². The van der Waals surface area contributed by atoms with E-state index < -0.39 is 28.4 Å². The van der Waals surface area contributed by atoms with E-state index in [1.165, 1.54) is 29.2 Å². The molecule has 0 spiro atoms. The topological polar surface area (TPSA) is 101 Å². The number of aliphatic hydroxyl groups excluding tert-OH is 1. The van der Waals surface area contributed by atoms with Crippen molar-refractivity contribution < 1.29 is 19.6 Å². The molecule has 0 saturated carbocycles. The molecule has 4 rings (SSSR count). The number of nitrogens with zero attached hydrogens (tertiary/aromatic N) is 2. The van der Waals surface area contributed by atoms with E-state index >= 15 is 0 Å². The Morgan fingerprint density at radius 2 is 1.73 bits per heavy atom.